The molecule has 0 amide bonds. The van der Waals surface area contributed by atoms with Gasteiger partial charge in [-0.15, -0.1) is 0 Å². The van der Waals surface area contributed by atoms with Crippen molar-refractivity contribution in [3.05, 3.63) is 35.4 Å². The highest BCUT2D eigenvalue weighted by atomic mass is 16.1. The normalized spacial score (nSPS) is 55.5. The van der Waals surface area contributed by atoms with Gasteiger partial charge in [-0.1, -0.05) is 24.3 Å². The van der Waals surface area contributed by atoms with Crippen molar-refractivity contribution in [3.8, 4) is 0 Å². The molecule has 1 aromatic rings. The lowest BCUT2D eigenvalue weighted by molar-refractivity contribution is -0.148. The molecule has 0 saturated heterocycles. The van der Waals surface area contributed by atoms with Crippen LogP contribution in [0.25, 0.3) is 0 Å². The van der Waals surface area contributed by atoms with Crippen molar-refractivity contribution in [2.75, 3.05) is 0 Å². The minimum atomic E-state index is -0.0679. The summed E-state index contributed by atoms with van der Waals surface area (Å²) < 4.78 is 0. The second-order valence-electron chi connectivity index (χ2n) is 11.5. The molecule has 27 heavy (non-hydrogen) atoms. The van der Waals surface area contributed by atoms with Crippen LogP contribution in [0.15, 0.2) is 24.3 Å². The standard InChI is InChI=1S/C26H30O/c27-25(13-5-6-13)26-19-4-2-1-3-18(19)22(20-14-7-9-16(11-14)23(20)26)21-15-8-10-17(12-15)24(21)26/h1-4,13-17,20-24H,5-12H2/t14-,15+,16+,17-,20?,21?,22?,23?,24?,26?. The molecule has 6 saturated carbocycles. The van der Waals surface area contributed by atoms with Crippen LogP contribution < -0.4 is 0 Å². The van der Waals surface area contributed by atoms with Crippen LogP contribution in [0.2, 0.25) is 0 Å². The van der Waals surface area contributed by atoms with Gasteiger partial charge < -0.3 is 0 Å². The zero-order valence-electron chi connectivity index (χ0n) is 16.1. The first kappa shape index (κ1) is 14.8. The number of benzene rings is 1. The van der Waals surface area contributed by atoms with Gasteiger partial charge >= 0.3 is 0 Å². The molecule has 0 aromatic heterocycles. The van der Waals surface area contributed by atoms with Crippen LogP contribution in [-0.2, 0) is 10.2 Å². The van der Waals surface area contributed by atoms with E-state index in [4.69, 9.17) is 0 Å². The molecule has 1 nitrogen and oxygen atoms in total. The highest BCUT2D eigenvalue weighted by Gasteiger charge is 2.77. The highest BCUT2D eigenvalue weighted by Crippen LogP contribution is 2.79. The molecule has 6 bridgehead atoms. The largest absolute Gasteiger partial charge is 0.298 e. The van der Waals surface area contributed by atoms with E-state index in [-0.39, 0.29) is 5.41 Å². The molecular formula is C26H30O. The number of hydrogen-bond acceptors (Lipinski definition) is 1. The fraction of sp³-hybridized carbons (Fsp3) is 0.731. The van der Waals surface area contributed by atoms with Crippen molar-refractivity contribution in [1.82, 2.24) is 0 Å². The minimum absolute atomic E-state index is 0.0679. The van der Waals surface area contributed by atoms with Crippen LogP contribution in [0.3, 0.4) is 0 Å². The summed E-state index contributed by atoms with van der Waals surface area (Å²) >= 11 is 0. The first-order valence-electron chi connectivity index (χ1n) is 11.9. The van der Waals surface area contributed by atoms with Crippen LogP contribution >= 0.6 is 0 Å². The summed E-state index contributed by atoms with van der Waals surface area (Å²) in [4.78, 5) is 14.3. The third-order valence-electron chi connectivity index (χ3n) is 11.0. The van der Waals surface area contributed by atoms with E-state index in [2.05, 4.69) is 24.3 Å². The molecule has 0 heterocycles. The molecule has 9 rings (SSSR count). The molecule has 6 unspecified atom stereocenters. The zero-order valence-corrected chi connectivity index (χ0v) is 16.1. The van der Waals surface area contributed by atoms with E-state index < -0.39 is 0 Å². The first-order chi connectivity index (χ1) is 13.3. The predicted octanol–water partition coefficient (Wildman–Crippen LogP) is 5.34. The topological polar surface area (TPSA) is 17.1 Å². The molecule has 8 aliphatic carbocycles. The van der Waals surface area contributed by atoms with Gasteiger partial charge in [-0.25, -0.2) is 0 Å². The predicted molar refractivity (Wildman–Crippen MR) is 104 cm³/mol. The van der Waals surface area contributed by atoms with E-state index >= 15 is 0 Å². The lowest BCUT2D eigenvalue weighted by Gasteiger charge is -2.66. The second-order valence-corrected chi connectivity index (χ2v) is 11.5. The van der Waals surface area contributed by atoms with Gasteiger partial charge in [-0.05, 0) is 116 Å². The van der Waals surface area contributed by atoms with E-state index in [1.54, 1.807) is 11.1 Å². The summed E-state index contributed by atoms with van der Waals surface area (Å²) in [5.41, 5.74) is 3.13. The van der Waals surface area contributed by atoms with E-state index in [0.717, 1.165) is 47.2 Å². The summed E-state index contributed by atoms with van der Waals surface area (Å²) in [6.07, 6.45) is 11.0. The minimum Gasteiger partial charge on any atom is -0.298 e. The number of carbonyl (C=O) groups excluding carboxylic acids is 1. The Morgan fingerprint density at radius 1 is 0.778 bits per heavy atom. The second kappa shape index (κ2) is 4.55. The molecule has 8 aliphatic rings. The molecule has 10 atom stereocenters. The molecule has 0 aliphatic heterocycles. The van der Waals surface area contributed by atoms with E-state index in [1.165, 1.54) is 51.4 Å². The maximum atomic E-state index is 14.3. The van der Waals surface area contributed by atoms with Gasteiger partial charge in [0.25, 0.3) is 0 Å². The Kier molecular flexibility index (Phi) is 2.50. The number of Topliss-reactive ketones (excluding diaryl/α,β-unsaturated/α-hetero) is 1. The van der Waals surface area contributed by atoms with Crippen LogP contribution in [0.5, 0.6) is 0 Å². The van der Waals surface area contributed by atoms with Crippen molar-refractivity contribution in [1.29, 1.82) is 0 Å². The van der Waals surface area contributed by atoms with Gasteiger partial charge in [0.15, 0.2) is 0 Å². The van der Waals surface area contributed by atoms with E-state index in [1.807, 2.05) is 0 Å². The fourth-order valence-corrected chi connectivity index (χ4v) is 10.6. The van der Waals surface area contributed by atoms with Gasteiger partial charge in [0, 0.05) is 5.92 Å². The SMILES string of the molecule is O=C(C1CC1)C12c3ccccc3C(C3C1[C@@H]1CC[C@H]3C1)C1C2[C@H]2CC[C@@H]1C2. The van der Waals surface area contributed by atoms with Crippen LogP contribution in [0.1, 0.15) is 68.4 Å². The average molecular weight is 359 g/mol. The number of fused-ring (bicyclic) bond motifs is 4. The van der Waals surface area contributed by atoms with Gasteiger partial charge in [0.05, 0.1) is 5.41 Å². The van der Waals surface area contributed by atoms with E-state index in [0.29, 0.717) is 17.8 Å². The van der Waals surface area contributed by atoms with Crippen molar-refractivity contribution in [3.63, 3.8) is 0 Å². The monoisotopic (exact) mass is 358 g/mol. The summed E-state index contributed by atoms with van der Waals surface area (Å²) in [6.45, 7) is 0. The number of carbonyl (C=O) groups is 1. The maximum Gasteiger partial charge on any atom is 0.147 e. The Bertz CT molecular complexity index is 831. The Balaban J connectivity index is 1.47. The average Bonchev–Trinajstić information content (AvgIpc) is 3.08. The highest BCUT2D eigenvalue weighted by molar-refractivity contribution is 5.96. The van der Waals surface area contributed by atoms with Crippen molar-refractivity contribution >= 4 is 5.78 Å². The Morgan fingerprint density at radius 3 is 2.00 bits per heavy atom. The van der Waals surface area contributed by atoms with Crippen LogP contribution in [0.4, 0.5) is 0 Å². The lowest BCUT2D eigenvalue weighted by Crippen LogP contribution is -2.66. The van der Waals surface area contributed by atoms with Crippen molar-refractivity contribution < 1.29 is 4.79 Å². The number of ketones is 1. The molecule has 0 N–H and O–H groups in total. The summed E-state index contributed by atoms with van der Waals surface area (Å²) in [5, 5.41) is 0. The van der Waals surface area contributed by atoms with Crippen LogP contribution in [0, 0.1) is 53.3 Å². The quantitative estimate of drug-likeness (QED) is 0.697. The van der Waals surface area contributed by atoms with E-state index in [9.17, 15) is 4.79 Å². The van der Waals surface area contributed by atoms with Gasteiger partial charge in [-0.3, -0.25) is 4.79 Å². The fourth-order valence-electron chi connectivity index (χ4n) is 10.6. The molecule has 0 radical (unpaired) electrons. The first-order valence-corrected chi connectivity index (χ1v) is 11.9. The molecule has 140 valence electrons. The smallest absolute Gasteiger partial charge is 0.147 e. The van der Waals surface area contributed by atoms with Crippen molar-refractivity contribution in [2.24, 2.45) is 53.3 Å². The van der Waals surface area contributed by atoms with Crippen molar-refractivity contribution in [2.45, 2.75) is 62.7 Å². The molecule has 0 spiro atoms. The lowest BCUT2D eigenvalue weighted by atomic mass is 9.36. The van der Waals surface area contributed by atoms with Crippen LogP contribution in [-0.4, -0.2) is 5.78 Å². The maximum absolute atomic E-state index is 14.3. The third-order valence-corrected chi connectivity index (χ3v) is 11.0. The molecule has 1 heteroatoms. The summed E-state index contributed by atoms with van der Waals surface area (Å²) in [7, 11) is 0. The van der Waals surface area contributed by atoms with Gasteiger partial charge in [0.1, 0.15) is 5.78 Å². The molecular weight excluding hydrogens is 328 g/mol. The number of rotatable bonds is 2. The van der Waals surface area contributed by atoms with Gasteiger partial charge in [-0.2, -0.15) is 0 Å². The molecule has 1 aromatic carbocycles. The zero-order chi connectivity index (χ0) is 17.5. The van der Waals surface area contributed by atoms with Gasteiger partial charge in [0.2, 0.25) is 0 Å². The summed E-state index contributed by atoms with van der Waals surface area (Å²) in [5.74, 6) is 8.66. The molecule has 6 fully saturated rings. The Labute approximate surface area is 162 Å². The number of hydrogen-bond donors (Lipinski definition) is 0. The third kappa shape index (κ3) is 1.45. The Hall–Kier alpha value is -1.11. The Morgan fingerprint density at radius 2 is 1.37 bits per heavy atom. The summed E-state index contributed by atoms with van der Waals surface area (Å²) in [6, 6.07) is 9.41.